The molecule has 186 valence electrons. The van der Waals surface area contributed by atoms with Crippen molar-refractivity contribution < 1.29 is 14.3 Å². The molecule has 2 N–H and O–H groups in total. The Morgan fingerprint density at radius 2 is 1.74 bits per heavy atom. The average Bonchev–Trinajstić information content (AvgIpc) is 3.24. The molecule has 8 nitrogen and oxygen atoms in total. The summed E-state index contributed by atoms with van der Waals surface area (Å²) in [6.07, 6.45) is 0. The van der Waals surface area contributed by atoms with Crippen LogP contribution in [0.2, 0.25) is 0 Å². The number of anilines is 1. The number of rotatable bonds is 10. The maximum Gasteiger partial charge on any atom is 0.251 e. The van der Waals surface area contributed by atoms with Crippen molar-refractivity contribution in [3.63, 3.8) is 0 Å². The molecule has 35 heavy (non-hydrogen) atoms. The second kappa shape index (κ2) is 11.9. The third-order valence-electron chi connectivity index (χ3n) is 5.57. The van der Waals surface area contributed by atoms with Gasteiger partial charge in [0.1, 0.15) is 5.75 Å². The van der Waals surface area contributed by atoms with Crippen molar-refractivity contribution in [2.75, 3.05) is 18.2 Å². The Hall–Kier alpha value is -3.33. The van der Waals surface area contributed by atoms with Crippen molar-refractivity contribution in [2.45, 2.75) is 52.4 Å². The molecule has 0 unspecified atom stereocenters. The summed E-state index contributed by atoms with van der Waals surface area (Å²) in [6.45, 7) is 10.6. The molecular weight excluding hydrogens is 462 g/mol. The predicted octanol–water partition coefficient (Wildman–Crippen LogP) is 4.78. The number of aryl methyl sites for hydroxylation is 2. The van der Waals surface area contributed by atoms with E-state index >= 15 is 0 Å². The van der Waals surface area contributed by atoms with Crippen LogP contribution < -0.4 is 15.4 Å². The van der Waals surface area contributed by atoms with Crippen LogP contribution in [0.3, 0.4) is 0 Å². The minimum Gasteiger partial charge on any atom is -0.495 e. The number of ether oxygens (including phenoxy) is 1. The molecule has 2 aromatic carbocycles. The quantitative estimate of drug-likeness (QED) is 0.393. The van der Waals surface area contributed by atoms with Crippen LogP contribution in [-0.2, 0) is 11.3 Å². The van der Waals surface area contributed by atoms with Gasteiger partial charge in [0.2, 0.25) is 5.91 Å². The Labute approximate surface area is 210 Å². The lowest BCUT2D eigenvalue weighted by atomic mass is 10.0. The minimum absolute atomic E-state index is 0.0915. The third-order valence-corrected chi connectivity index (χ3v) is 6.54. The molecule has 0 fully saturated rings. The zero-order chi connectivity index (χ0) is 25.5. The monoisotopic (exact) mass is 495 g/mol. The molecule has 0 aliphatic rings. The lowest BCUT2D eigenvalue weighted by molar-refractivity contribution is -0.113. The van der Waals surface area contributed by atoms with E-state index < -0.39 is 0 Å². The Morgan fingerprint density at radius 3 is 2.37 bits per heavy atom. The van der Waals surface area contributed by atoms with E-state index in [0.29, 0.717) is 34.5 Å². The van der Waals surface area contributed by atoms with E-state index in [4.69, 9.17) is 4.74 Å². The number of amides is 2. The maximum atomic E-state index is 12.9. The SMILES string of the molecule is CCn1c(SCC(=O)Nc2cc(C)ccc2OC)nnc1[C@H](NC(=O)c1ccc(C)cc1)C(C)C. The van der Waals surface area contributed by atoms with E-state index in [0.717, 1.165) is 11.1 Å². The fourth-order valence-electron chi connectivity index (χ4n) is 3.63. The summed E-state index contributed by atoms with van der Waals surface area (Å²) in [5.41, 5.74) is 3.35. The van der Waals surface area contributed by atoms with E-state index in [1.807, 2.05) is 81.7 Å². The smallest absolute Gasteiger partial charge is 0.251 e. The highest BCUT2D eigenvalue weighted by Crippen LogP contribution is 2.27. The van der Waals surface area contributed by atoms with Crippen molar-refractivity contribution in [2.24, 2.45) is 5.92 Å². The van der Waals surface area contributed by atoms with Crippen LogP contribution in [0.1, 0.15) is 54.1 Å². The van der Waals surface area contributed by atoms with Gasteiger partial charge in [0, 0.05) is 12.1 Å². The molecule has 1 atom stereocenters. The van der Waals surface area contributed by atoms with E-state index in [9.17, 15) is 9.59 Å². The first-order valence-electron chi connectivity index (χ1n) is 11.6. The van der Waals surface area contributed by atoms with Crippen LogP contribution in [0.4, 0.5) is 5.69 Å². The van der Waals surface area contributed by atoms with Crippen molar-refractivity contribution in [1.29, 1.82) is 0 Å². The van der Waals surface area contributed by atoms with Gasteiger partial charge in [0.25, 0.3) is 5.91 Å². The van der Waals surface area contributed by atoms with E-state index in [-0.39, 0.29) is 29.5 Å². The summed E-state index contributed by atoms with van der Waals surface area (Å²) in [5.74, 6) is 1.21. The highest BCUT2D eigenvalue weighted by atomic mass is 32.2. The van der Waals surface area contributed by atoms with Crippen LogP contribution in [0.5, 0.6) is 5.75 Å². The molecule has 0 aliphatic carbocycles. The van der Waals surface area contributed by atoms with Crippen LogP contribution in [-0.4, -0.2) is 39.4 Å². The first-order chi connectivity index (χ1) is 16.7. The van der Waals surface area contributed by atoms with Crippen LogP contribution in [0.25, 0.3) is 0 Å². The van der Waals surface area contributed by atoms with Gasteiger partial charge in [-0.25, -0.2) is 0 Å². The van der Waals surface area contributed by atoms with Gasteiger partial charge in [-0.3, -0.25) is 9.59 Å². The average molecular weight is 496 g/mol. The van der Waals surface area contributed by atoms with Gasteiger partial charge < -0.3 is 19.9 Å². The fraction of sp³-hybridized carbons (Fsp3) is 0.385. The van der Waals surface area contributed by atoms with Crippen molar-refractivity contribution >= 4 is 29.3 Å². The van der Waals surface area contributed by atoms with E-state index in [2.05, 4.69) is 20.8 Å². The minimum atomic E-state index is -0.323. The van der Waals surface area contributed by atoms with Crippen LogP contribution in [0, 0.1) is 19.8 Å². The Morgan fingerprint density at radius 1 is 1.06 bits per heavy atom. The topological polar surface area (TPSA) is 98.1 Å². The molecule has 0 bridgehead atoms. The van der Waals surface area contributed by atoms with Crippen molar-refractivity contribution in [3.8, 4) is 5.75 Å². The number of hydrogen-bond acceptors (Lipinski definition) is 6. The molecule has 3 aromatic rings. The first kappa shape index (κ1) is 26.3. The fourth-order valence-corrected chi connectivity index (χ4v) is 4.44. The zero-order valence-corrected chi connectivity index (χ0v) is 21.9. The van der Waals surface area contributed by atoms with Gasteiger partial charge in [0.05, 0.1) is 24.6 Å². The summed E-state index contributed by atoms with van der Waals surface area (Å²) in [6, 6.07) is 12.8. The number of nitrogens with zero attached hydrogens (tertiary/aromatic N) is 3. The van der Waals surface area contributed by atoms with Crippen LogP contribution >= 0.6 is 11.8 Å². The second-order valence-electron chi connectivity index (χ2n) is 8.69. The van der Waals surface area contributed by atoms with Crippen LogP contribution in [0.15, 0.2) is 47.6 Å². The van der Waals surface area contributed by atoms with E-state index in [1.54, 1.807) is 7.11 Å². The van der Waals surface area contributed by atoms with Crippen molar-refractivity contribution in [3.05, 3.63) is 65.0 Å². The number of benzene rings is 2. The lowest BCUT2D eigenvalue weighted by Gasteiger charge is -2.22. The highest BCUT2D eigenvalue weighted by molar-refractivity contribution is 7.99. The standard InChI is InChI=1S/C26H33N5O3S/c1-7-31-24(23(16(2)3)28-25(33)19-11-8-17(4)9-12-19)29-30-26(31)35-15-22(32)27-20-14-18(5)10-13-21(20)34-6/h8-14,16,23H,7,15H2,1-6H3,(H,27,32)(H,28,33)/t23-/m1/s1. The summed E-state index contributed by atoms with van der Waals surface area (Å²) < 4.78 is 7.29. The molecule has 0 spiro atoms. The van der Waals surface area contributed by atoms with Gasteiger partial charge >= 0.3 is 0 Å². The second-order valence-corrected chi connectivity index (χ2v) is 9.63. The third kappa shape index (κ3) is 6.63. The summed E-state index contributed by atoms with van der Waals surface area (Å²) >= 11 is 1.31. The molecule has 0 saturated heterocycles. The number of nitrogens with one attached hydrogen (secondary N) is 2. The van der Waals surface area contributed by atoms with Gasteiger partial charge in [-0.1, -0.05) is 49.4 Å². The number of carbonyl (C=O) groups is 2. The summed E-state index contributed by atoms with van der Waals surface area (Å²) in [5, 5.41) is 15.4. The predicted molar refractivity (Wildman–Crippen MR) is 139 cm³/mol. The lowest BCUT2D eigenvalue weighted by Crippen LogP contribution is -2.33. The number of thioether (sulfide) groups is 1. The maximum absolute atomic E-state index is 12.9. The van der Waals surface area contributed by atoms with Crippen molar-refractivity contribution in [1.82, 2.24) is 20.1 Å². The number of aromatic nitrogens is 3. The molecular formula is C26H33N5O3S. The van der Waals surface area contributed by atoms with Gasteiger partial charge in [-0.15, -0.1) is 10.2 Å². The number of methoxy groups -OCH3 is 1. The Bertz CT molecular complexity index is 1170. The molecule has 1 heterocycles. The van der Waals surface area contributed by atoms with E-state index in [1.165, 1.54) is 11.8 Å². The Balaban J connectivity index is 1.72. The first-order valence-corrected chi connectivity index (χ1v) is 12.6. The van der Waals surface area contributed by atoms with Gasteiger partial charge in [-0.05, 0) is 56.5 Å². The van der Waals surface area contributed by atoms with Gasteiger partial charge in [-0.2, -0.15) is 0 Å². The molecule has 2 amide bonds. The normalized spacial score (nSPS) is 11.9. The molecule has 3 rings (SSSR count). The summed E-state index contributed by atoms with van der Waals surface area (Å²) in [4.78, 5) is 25.5. The molecule has 9 heteroatoms. The highest BCUT2D eigenvalue weighted by Gasteiger charge is 2.26. The Kier molecular flexibility index (Phi) is 8.92. The van der Waals surface area contributed by atoms with Gasteiger partial charge in [0.15, 0.2) is 11.0 Å². The summed E-state index contributed by atoms with van der Waals surface area (Å²) in [7, 11) is 1.57. The number of hydrogen-bond donors (Lipinski definition) is 2. The molecule has 0 aliphatic heterocycles. The number of carbonyl (C=O) groups excluding carboxylic acids is 2. The molecule has 0 saturated carbocycles. The zero-order valence-electron chi connectivity index (χ0n) is 21.1. The largest absolute Gasteiger partial charge is 0.495 e. The molecule has 1 aromatic heterocycles. The molecule has 0 radical (unpaired) electrons.